The van der Waals surface area contributed by atoms with Gasteiger partial charge in [0.25, 0.3) is 0 Å². The molecule has 0 atom stereocenters. The number of anilines is 1. The van der Waals surface area contributed by atoms with Gasteiger partial charge in [0.2, 0.25) is 0 Å². The SMILES string of the molecule is COc1cc(NCc2ccc(OC(C)C)cc2)ccc1F. The van der Waals surface area contributed by atoms with Gasteiger partial charge in [-0.05, 0) is 43.7 Å². The molecule has 0 radical (unpaired) electrons. The van der Waals surface area contributed by atoms with Crippen molar-refractivity contribution >= 4 is 5.69 Å². The third kappa shape index (κ3) is 4.38. The van der Waals surface area contributed by atoms with Crippen molar-refractivity contribution in [3.8, 4) is 11.5 Å². The van der Waals surface area contributed by atoms with E-state index in [0.717, 1.165) is 17.0 Å². The molecule has 0 fully saturated rings. The van der Waals surface area contributed by atoms with E-state index in [9.17, 15) is 4.39 Å². The first-order valence-electron chi connectivity index (χ1n) is 6.91. The lowest BCUT2D eigenvalue weighted by atomic mass is 10.2. The van der Waals surface area contributed by atoms with Crippen molar-refractivity contribution in [1.82, 2.24) is 0 Å². The van der Waals surface area contributed by atoms with Gasteiger partial charge < -0.3 is 14.8 Å². The van der Waals surface area contributed by atoms with E-state index in [1.54, 1.807) is 12.1 Å². The third-order valence-electron chi connectivity index (χ3n) is 2.94. The first-order valence-corrected chi connectivity index (χ1v) is 6.91. The average molecular weight is 289 g/mol. The van der Waals surface area contributed by atoms with Crippen LogP contribution in [0.2, 0.25) is 0 Å². The first kappa shape index (κ1) is 15.2. The summed E-state index contributed by atoms with van der Waals surface area (Å²) in [7, 11) is 1.45. The molecular formula is C17H20FNO2. The molecule has 0 saturated carbocycles. The molecule has 0 saturated heterocycles. The van der Waals surface area contributed by atoms with E-state index < -0.39 is 0 Å². The Kier molecular flexibility index (Phi) is 5.04. The van der Waals surface area contributed by atoms with Crippen molar-refractivity contribution in [1.29, 1.82) is 0 Å². The highest BCUT2D eigenvalue weighted by atomic mass is 19.1. The molecule has 0 aliphatic heterocycles. The highest BCUT2D eigenvalue weighted by Gasteiger charge is 2.03. The Bertz CT molecular complexity index is 582. The van der Waals surface area contributed by atoms with E-state index in [4.69, 9.17) is 9.47 Å². The van der Waals surface area contributed by atoms with Crippen LogP contribution >= 0.6 is 0 Å². The van der Waals surface area contributed by atoms with Gasteiger partial charge in [0.05, 0.1) is 13.2 Å². The smallest absolute Gasteiger partial charge is 0.165 e. The molecular weight excluding hydrogens is 269 g/mol. The van der Waals surface area contributed by atoms with Crippen LogP contribution in [0.4, 0.5) is 10.1 Å². The molecule has 2 aromatic rings. The Morgan fingerprint density at radius 1 is 1.10 bits per heavy atom. The standard InChI is InChI=1S/C17H20FNO2/c1-12(2)21-15-7-4-13(5-8-15)11-19-14-6-9-16(18)17(10-14)20-3/h4-10,12,19H,11H2,1-3H3. The van der Waals surface area contributed by atoms with Crippen molar-refractivity contribution < 1.29 is 13.9 Å². The summed E-state index contributed by atoms with van der Waals surface area (Å²) in [5.41, 5.74) is 1.94. The second-order valence-corrected chi connectivity index (χ2v) is 5.01. The number of nitrogens with one attached hydrogen (secondary N) is 1. The first-order chi connectivity index (χ1) is 10.1. The largest absolute Gasteiger partial charge is 0.494 e. The summed E-state index contributed by atoms with van der Waals surface area (Å²) >= 11 is 0. The fraction of sp³-hybridized carbons (Fsp3) is 0.294. The fourth-order valence-corrected chi connectivity index (χ4v) is 1.93. The Morgan fingerprint density at radius 3 is 2.43 bits per heavy atom. The summed E-state index contributed by atoms with van der Waals surface area (Å²) in [4.78, 5) is 0. The Labute approximate surface area is 124 Å². The topological polar surface area (TPSA) is 30.5 Å². The number of hydrogen-bond donors (Lipinski definition) is 1. The van der Waals surface area contributed by atoms with Crippen molar-refractivity contribution in [3.05, 3.63) is 53.8 Å². The normalized spacial score (nSPS) is 10.5. The molecule has 1 N–H and O–H groups in total. The summed E-state index contributed by atoms with van der Waals surface area (Å²) in [5.74, 6) is 0.733. The minimum absolute atomic E-state index is 0.167. The zero-order chi connectivity index (χ0) is 15.2. The molecule has 0 spiro atoms. The van der Waals surface area contributed by atoms with Crippen LogP contribution in [0.5, 0.6) is 11.5 Å². The van der Waals surface area contributed by atoms with Gasteiger partial charge in [-0.15, -0.1) is 0 Å². The van der Waals surface area contributed by atoms with Gasteiger partial charge in [-0.1, -0.05) is 12.1 Å². The highest BCUT2D eigenvalue weighted by Crippen LogP contribution is 2.22. The molecule has 3 nitrogen and oxygen atoms in total. The molecule has 21 heavy (non-hydrogen) atoms. The van der Waals surface area contributed by atoms with Gasteiger partial charge in [0.15, 0.2) is 11.6 Å². The van der Waals surface area contributed by atoms with Gasteiger partial charge in [-0.2, -0.15) is 0 Å². The number of ether oxygens (including phenoxy) is 2. The minimum atomic E-state index is -0.363. The Hall–Kier alpha value is -2.23. The van der Waals surface area contributed by atoms with Crippen molar-refractivity contribution in [2.75, 3.05) is 12.4 Å². The number of halogens is 1. The monoisotopic (exact) mass is 289 g/mol. The molecule has 0 aliphatic rings. The maximum absolute atomic E-state index is 13.3. The lowest BCUT2D eigenvalue weighted by molar-refractivity contribution is 0.242. The number of benzene rings is 2. The number of rotatable bonds is 6. The lowest BCUT2D eigenvalue weighted by Crippen LogP contribution is -2.05. The van der Waals surface area contributed by atoms with Crippen molar-refractivity contribution in [2.45, 2.75) is 26.5 Å². The summed E-state index contributed by atoms with van der Waals surface area (Å²) in [6.07, 6.45) is 0.167. The number of methoxy groups -OCH3 is 1. The van der Waals surface area contributed by atoms with E-state index in [-0.39, 0.29) is 17.7 Å². The van der Waals surface area contributed by atoms with Crippen LogP contribution in [0.25, 0.3) is 0 Å². The Balaban J connectivity index is 1.96. The highest BCUT2D eigenvalue weighted by molar-refractivity contribution is 5.49. The summed E-state index contributed by atoms with van der Waals surface area (Å²) < 4.78 is 23.9. The van der Waals surface area contributed by atoms with Gasteiger partial charge in [0.1, 0.15) is 5.75 Å². The van der Waals surface area contributed by atoms with Gasteiger partial charge in [-0.3, -0.25) is 0 Å². The average Bonchev–Trinajstić information content (AvgIpc) is 2.47. The Morgan fingerprint density at radius 2 is 1.81 bits per heavy atom. The van der Waals surface area contributed by atoms with E-state index in [1.165, 1.54) is 13.2 Å². The van der Waals surface area contributed by atoms with E-state index in [2.05, 4.69) is 5.32 Å². The molecule has 2 aromatic carbocycles. The molecule has 0 heterocycles. The van der Waals surface area contributed by atoms with Gasteiger partial charge in [0, 0.05) is 18.3 Å². The van der Waals surface area contributed by atoms with Gasteiger partial charge in [-0.25, -0.2) is 4.39 Å². The summed E-state index contributed by atoms with van der Waals surface area (Å²) in [6, 6.07) is 12.6. The molecule has 0 bridgehead atoms. The van der Waals surface area contributed by atoms with E-state index >= 15 is 0 Å². The van der Waals surface area contributed by atoms with Crippen LogP contribution in [-0.2, 0) is 6.54 Å². The molecule has 0 aromatic heterocycles. The lowest BCUT2D eigenvalue weighted by Gasteiger charge is -2.11. The maximum Gasteiger partial charge on any atom is 0.165 e. The molecule has 0 unspecified atom stereocenters. The van der Waals surface area contributed by atoms with E-state index in [0.29, 0.717) is 6.54 Å². The molecule has 112 valence electrons. The second-order valence-electron chi connectivity index (χ2n) is 5.01. The van der Waals surface area contributed by atoms with Crippen LogP contribution in [0, 0.1) is 5.82 Å². The van der Waals surface area contributed by atoms with Crippen LogP contribution in [0.1, 0.15) is 19.4 Å². The molecule has 0 aliphatic carbocycles. The predicted octanol–water partition coefficient (Wildman–Crippen LogP) is 4.23. The zero-order valence-corrected chi connectivity index (χ0v) is 12.5. The third-order valence-corrected chi connectivity index (χ3v) is 2.94. The van der Waals surface area contributed by atoms with Crippen LogP contribution in [0.3, 0.4) is 0 Å². The van der Waals surface area contributed by atoms with Crippen molar-refractivity contribution in [3.63, 3.8) is 0 Å². The predicted molar refractivity (Wildman–Crippen MR) is 82.5 cm³/mol. The van der Waals surface area contributed by atoms with Crippen LogP contribution in [-0.4, -0.2) is 13.2 Å². The zero-order valence-electron chi connectivity index (χ0n) is 12.5. The number of hydrogen-bond acceptors (Lipinski definition) is 3. The summed E-state index contributed by atoms with van der Waals surface area (Å²) in [5, 5.41) is 3.24. The summed E-state index contributed by atoms with van der Waals surface area (Å²) in [6.45, 7) is 4.64. The molecule has 0 amide bonds. The second kappa shape index (κ2) is 6.97. The minimum Gasteiger partial charge on any atom is -0.494 e. The maximum atomic E-state index is 13.3. The van der Waals surface area contributed by atoms with Crippen molar-refractivity contribution in [2.24, 2.45) is 0 Å². The van der Waals surface area contributed by atoms with Crippen LogP contribution in [0.15, 0.2) is 42.5 Å². The fourth-order valence-electron chi connectivity index (χ4n) is 1.93. The van der Waals surface area contributed by atoms with Gasteiger partial charge >= 0.3 is 0 Å². The molecule has 4 heteroatoms. The van der Waals surface area contributed by atoms with Crippen LogP contribution < -0.4 is 14.8 Å². The quantitative estimate of drug-likeness (QED) is 0.863. The molecule has 2 rings (SSSR count). The van der Waals surface area contributed by atoms with E-state index in [1.807, 2.05) is 38.1 Å².